The molecule has 0 bridgehead atoms. The van der Waals surface area contributed by atoms with Gasteiger partial charge in [-0.2, -0.15) is 11.8 Å². The van der Waals surface area contributed by atoms with E-state index in [1.807, 2.05) is 0 Å². The lowest BCUT2D eigenvalue weighted by Gasteiger charge is -2.08. The van der Waals surface area contributed by atoms with Crippen LogP contribution in [0.25, 0.3) is 6.08 Å². The minimum Gasteiger partial charge on any atom is -0.478 e. The lowest BCUT2D eigenvalue weighted by atomic mass is 10.1. The van der Waals surface area contributed by atoms with E-state index in [0.717, 1.165) is 17.4 Å². The van der Waals surface area contributed by atoms with Crippen LogP contribution in [0, 0.1) is 5.82 Å². The fourth-order valence-electron chi connectivity index (χ4n) is 1.27. The van der Waals surface area contributed by atoms with Gasteiger partial charge in [0.25, 0.3) is 0 Å². The van der Waals surface area contributed by atoms with Crippen molar-refractivity contribution in [1.29, 1.82) is 0 Å². The first-order valence-corrected chi connectivity index (χ1v) is 6.35. The van der Waals surface area contributed by atoms with Crippen LogP contribution < -0.4 is 0 Å². The standard InChI is InChI=1S/C13H15FO2S/c1-9(2)17-8-11-3-5-12(14)7-10(11)4-6-13(15)16/h3-7,9H,8H2,1-2H3,(H,15,16). The van der Waals surface area contributed by atoms with E-state index in [4.69, 9.17) is 5.11 Å². The Hall–Kier alpha value is -1.29. The zero-order chi connectivity index (χ0) is 12.8. The van der Waals surface area contributed by atoms with Crippen molar-refractivity contribution in [1.82, 2.24) is 0 Å². The molecule has 0 saturated heterocycles. The number of thioether (sulfide) groups is 1. The van der Waals surface area contributed by atoms with E-state index in [2.05, 4.69) is 13.8 Å². The van der Waals surface area contributed by atoms with Crippen molar-refractivity contribution >= 4 is 23.8 Å². The van der Waals surface area contributed by atoms with Gasteiger partial charge in [-0.05, 0) is 34.6 Å². The molecule has 0 aliphatic rings. The highest BCUT2D eigenvalue weighted by Gasteiger charge is 2.04. The molecule has 1 rings (SSSR count). The Bertz CT molecular complexity index is 427. The predicted octanol–water partition coefficient (Wildman–Crippen LogP) is 3.57. The molecule has 1 aromatic rings. The maximum absolute atomic E-state index is 13.1. The van der Waals surface area contributed by atoms with Crippen molar-refractivity contribution < 1.29 is 14.3 Å². The molecule has 17 heavy (non-hydrogen) atoms. The molecule has 0 spiro atoms. The summed E-state index contributed by atoms with van der Waals surface area (Å²) >= 11 is 1.73. The van der Waals surface area contributed by atoms with E-state index in [0.29, 0.717) is 10.8 Å². The summed E-state index contributed by atoms with van der Waals surface area (Å²) in [5.74, 6) is -0.637. The van der Waals surface area contributed by atoms with Crippen LogP contribution in [-0.2, 0) is 10.5 Å². The van der Waals surface area contributed by atoms with Crippen LogP contribution >= 0.6 is 11.8 Å². The van der Waals surface area contributed by atoms with Gasteiger partial charge in [-0.25, -0.2) is 9.18 Å². The van der Waals surface area contributed by atoms with Crippen molar-refractivity contribution in [3.63, 3.8) is 0 Å². The van der Waals surface area contributed by atoms with E-state index in [-0.39, 0.29) is 5.82 Å². The Balaban J connectivity index is 2.91. The van der Waals surface area contributed by atoms with E-state index in [9.17, 15) is 9.18 Å². The van der Waals surface area contributed by atoms with Crippen molar-refractivity contribution in [3.05, 3.63) is 41.2 Å². The lowest BCUT2D eigenvalue weighted by molar-refractivity contribution is -0.131. The first-order valence-electron chi connectivity index (χ1n) is 5.30. The highest BCUT2D eigenvalue weighted by molar-refractivity contribution is 7.99. The van der Waals surface area contributed by atoms with Crippen molar-refractivity contribution in [2.45, 2.75) is 24.9 Å². The van der Waals surface area contributed by atoms with Gasteiger partial charge in [-0.15, -0.1) is 0 Å². The number of aliphatic carboxylic acids is 1. The molecule has 92 valence electrons. The van der Waals surface area contributed by atoms with Gasteiger partial charge in [0, 0.05) is 11.8 Å². The number of halogens is 1. The number of carboxylic acids is 1. The Morgan fingerprint density at radius 2 is 2.24 bits per heavy atom. The second-order valence-electron chi connectivity index (χ2n) is 3.87. The van der Waals surface area contributed by atoms with Crippen LogP contribution in [0.5, 0.6) is 0 Å². The Labute approximate surface area is 105 Å². The van der Waals surface area contributed by atoms with Crippen molar-refractivity contribution in [2.75, 3.05) is 0 Å². The minimum atomic E-state index is -1.03. The zero-order valence-corrected chi connectivity index (χ0v) is 10.6. The molecule has 0 aliphatic carbocycles. The smallest absolute Gasteiger partial charge is 0.328 e. The number of carboxylic acid groups (broad SMARTS) is 1. The van der Waals surface area contributed by atoms with Gasteiger partial charge in [0.2, 0.25) is 0 Å². The van der Waals surface area contributed by atoms with Gasteiger partial charge in [0.15, 0.2) is 0 Å². The van der Waals surface area contributed by atoms with Crippen LogP contribution in [-0.4, -0.2) is 16.3 Å². The molecule has 0 heterocycles. The third-order valence-electron chi connectivity index (χ3n) is 2.09. The largest absolute Gasteiger partial charge is 0.478 e. The predicted molar refractivity (Wildman–Crippen MR) is 69.5 cm³/mol. The third kappa shape index (κ3) is 5.04. The van der Waals surface area contributed by atoms with Crippen LogP contribution in [0.4, 0.5) is 4.39 Å². The van der Waals surface area contributed by atoms with Crippen LogP contribution in [0.3, 0.4) is 0 Å². The molecular weight excluding hydrogens is 239 g/mol. The van der Waals surface area contributed by atoms with Crippen LogP contribution in [0.2, 0.25) is 0 Å². The lowest BCUT2D eigenvalue weighted by Crippen LogP contribution is -1.94. The molecule has 0 saturated carbocycles. The van der Waals surface area contributed by atoms with Gasteiger partial charge < -0.3 is 5.11 Å². The number of hydrogen-bond acceptors (Lipinski definition) is 2. The van der Waals surface area contributed by atoms with Crippen molar-refractivity contribution in [2.24, 2.45) is 0 Å². The quantitative estimate of drug-likeness (QED) is 0.816. The molecule has 4 heteroatoms. The normalized spacial score (nSPS) is 11.3. The summed E-state index contributed by atoms with van der Waals surface area (Å²) in [6, 6.07) is 4.45. The summed E-state index contributed by atoms with van der Waals surface area (Å²) in [6.45, 7) is 4.17. The maximum Gasteiger partial charge on any atom is 0.328 e. The summed E-state index contributed by atoms with van der Waals surface area (Å²) in [7, 11) is 0. The maximum atomic E-state index is 13.1. The molecule has 0 aromatic heterocycles. The van der Waals surface area contributed by atoms with E-state index in [1.54, 1.807) is 17.8 Å². The SMILES string of the molecule is CC(C)SCc1ccc(F)cc1C=CC(=O)O. The minimum absolute atomic E-state index is 0.353. The molecule has 0 fully saturated rings. The Kier molecular flexibility index (Phi) is 5.22. The van der Waals surface area contributed by atoms with Crippen LogP contribution in [0.15, 0.2) is 24.3 Å². The summed E-state index contributed by atoms with van der Waals surface area (Å²) in [4.78, 5) is 10.4. The molecule has 0 amide bonds. The first-order chi connectivity index (χ1) is 7.99. The Morgan fingerprint density at radius 3 is 2.82 bits per heavy atom. The molecule has 2 nitrogen and oxygen atoms in total. The first kappa shape index (κ1) is 13.8. The van der Waals surface area contributed by atoms with E-state index >= 15 is 0 Å². The molecular formula is C13H15FO2S. The van der Waals surface area contributed by atoms with Gasteiger partial charge in [0.05, 0.1) is 0 Å². The van der Waals surface area contributed by atoms with Gasteiger partial charge >= 0.3 is 5.97 Å². The molecule has 1 N–H and O–H groups in total. The van der Waals surface area contributed by atoms with Crippen molar-refractivity contribution in [3.8, 4) is 0 Å². The average Bonchev–Trinajstić information content (AvgIpc) is 2.24. The summed E-state index contributed by atoms with van der Waals surface area (Å²) in [6.07, 6.45) is 2.46. The Morgan fingerprint density at radius 1 is 1.53 bits per heavy atom. The molecule has 0 unspecified atom stereocenters. The monoisotopic (exact) mass is 254 g/mol. The fourth-order valence-corrected chi connectivity index (χ4v) is 2.05. The molecule has 0 atom stereocenters. The van der Waals surface area contributed by atoms with Gasteiger partial charge in [-0.3, -0.25) is 0 Å². The molecule has 0 aliphatic heterocycles. The average molecular weight is 254 g/mol. The summed E-state index contributed by atoms with van der Waals surface area (Å²) < 4.78 is 13.1. The summed E-state index contributed by atoms with van der Waals surface area (Å²) in [5, 5.41) is 9.05. The zero-order valence-electron chi connectivity index (χ0n) is 9.81. The third-order valence-corrected chi connectivity index (χ3v) is 3.23. The second kappa shape index (κ2) is 6.45. The highest BCUT2D eigenvalue weighted by atomic mass is 32.2. The number of carbonyl (C=O) groups is 1. The molecule has 0 radical (unpaired) electrons. The summed E-state index contributed by atoms with van der Waals surface area (Å²) in [5.41, 5.74) is 1.57. The number of rotatable bonds is 5. The topological polar surface area (TPSA) is 37.3 Å². The highest BCUT2D eigenvalue weighted by Crippen LogP contribution is 2.22. The number of hydrogen-bond donors (Lipinski definition) is 1. The second-order valence-corrected chi connectivity index (χ2v) is 5.44. The van der Waals surface area contributed by atoms with E-state index < -0.39 is 5.97 Å². The van der Waals surface area contributed by atoms with Gasteiger partial charge in [0.1, 0.15) is 5.82 Å². The van der Waals surface area contributed by atoms with E-state index in [1.165, 1.54) is 18.2 Å². The number of benzene rings is 1. The van der Waals surface area contributed by atoms with Gasteiger partial charge in [-0.1, -0.05) is 19.9 Å². The fraction of sp³-hybridized carbons (Fsp3) is 0.308. The molecule has 1 aromatic carbocycles. The van der Waals surface area contributed by atoms with Crippen LogP contribution in [0.1, 0.15) is 25.0 Å².